The highest BCUT2D eigenvalue weighted by atomic mass is 32.2. The molecule has 0 bridgehead atoms. The summed E-state index contributed by atoms with van der Waals surface area (Å²) in [6.45, 7) is 20.4. The molecule has 0 spiro atoms. The van der Waals surface area contributed by atoms with E-state index in [1.165, 1.54) is 22.9 Å². The Bertz CT molecular complexity index is 924. The van der Waals surface area contributed by atoms with E-state index in [0.717, 1.165) is 33.8 Å². The molecule has 0 heterocycles. The van der Waals surface area contributed by atoms with Gasteiger partial charge in [0, 0.05) is 21.7 Å². The minimum absolute atomic E-state index is 0.00703. The van der Waals surface area contributed by atoms with Gasteiger partial charge in [-0.1, -0.05) is 76.0 Å². The molecule has 0 aromatic heterocycles. The van der Waals surface area contributed by atoms with E-state index in [4.69, 9.17) is 0 Å². The predicted molar refractivity (Wildman–Crippen MR) is 127 cm³/mol. The van der Waals surface area contributed by atoms with Crippen LogP contribution in [-0.4, -0.2) is 5.91 Å². The Morgan fingerprint density at radius 3 is 2.24 bits per heavy atom. The van der Waals surface area contributed by atoms with Crippen LogP contribution in [-0.2, 0) is 4.79 Å². The summed E-state index contributed by atoms with van der Waals surface area (Å²) in [5.74, 6) is -0.00703. The molecule has 2 rings (SSSR count). The van der Waals surface area contributed by atoms with Crippen LogP contribution in [0.3, 0.4) is 0 Å². The summed E-state index contributed by atoms with van der Waals surface area (Å²) in [5, 5.41) is 7.03. The van der Waals surface area contributed by atoms with E-state index < -0.39 is 5.41 Å². The van der Waals surface area contributed by atoms with Crippen molar-refractivity contribution in [3.05, 3.63) is 76.8 Å². The third kappa shape index (κ3) is 5.77. The van der Waals surface area contributed by atoms with Gasteiger partial charge in [0.25, 0.3) is 0 Å². The topological polar surface area (TPSA) is 41.1 Å². The monoisotopic (exact) mass is 408 g/mol. The number of hydrogen-bond donors (Lipinski definition) is 2. The summed E-state index contributed by atoms with van der Waals surface area (Å²) in [6.07, 6.45) is 0.773. The fourth-order valence-electron chi connectivity index (χ4n) is 2.75. The van der Waals surface area contributed by atoms with E-state index in [1.54, 1.807) is 0 Å². The normalized spacial score (nSPS) is 11.1. The Morgan fingerprint density at radius 2 is 1.66 bits per heavy atom. The summed E-state index contributed by atoms with van der Waals surface area (Å²) < 4.78 is 0. The molecular weight excluding hydrogens is 376 g/mol. The maximum absolute atomic E-state index is 12.4. The minimum Gasteiger partial charge on any atom is -0.355 e. The largest absolute Gasteiger partial charge is 0.355 e. The standard InChI is InChI=1S/C25H32N2OS/c1-9-25(7,8)24(28)27-20(6)29-22-15-21(14-13-16(22)2)19(5)26-23-17(3)11-10-12-18(23)4/h10-15,26H,5-6,9H2,1-4,7-8H3,(H,27,28). The van der Waals surface area contributed by atoms with Gasteiger partial charge >= 0.3 is 0 Å². The molecule has 4 heteroatoms. The quantitative estimate of drug-likeness (QED) is 0.471. The van der Waals surface area contributed by atoms with Gasteiger partial charge in [0.1, 0.15) is 0 Å². The van der Waals surface area contributed by atoms with Gasteiger partial charge in [0.15, 0.2) is 0 Å². The van der Waals surface area contributed by atoms with Gasteiger partial charge in [-0.3, -0.25) is 4.79 Å². The predicted octanol–water partition coefficient (Wildman–Crippen LogP) is 6.81. The van der Waals surface area contributed by atoms with Crippen molar-refractivity contribution in [2.45, 2.75) is 52.9 Å². The lowest BCUT2D eigenvalue weighted by atomic mass is 9.89. The molecule has 154 valence electrons. The third-order valence-electron chi connectivity index (χ3n) is 5.28. The van der Waals surface area contributed by atoms with E-state index in [2.05, 4.69) is 81.0 Å². The number of aryl methyl sites for hydroxylation is 3. The molecule has 0 aliphatic rings. The Labute approximate surface area is 179 Å². The van der Waals surface area contributed by atoms with Crippen molar-refractivity contribution in [1.82, 2.24) is 5.32 Å². The lowest BCUT2D eigenvalue weighted by Crippen LogP contribution is -2.35. The van der Waals surface area contributed by atoms with Gasteiger partial charge in [-0.15, -0.1) is 0 Å². The molecule has 0 saturated heterocycles. The van der Waals surface area contributed by atoms with Crippen LogP contribution in [0.2, 0.25) is 0 Å². The number of anilines is 1. The second-order valence-corrected chi connectivity index (χ2v) is 9.20. The van der Waals surface area contributed by atoms with Gasteiger partial charge in [-0.2, -0.15) is 0 Å². The van der Waals surface area contributed by atoms with Crippen molar-refractivity contribution in [2.24, 2.45) is 5.41 Å². The lowest BCUT2D eigenvalue weighted by molar-refractivity contribution is -0.128. The minimum atomic E-state index is -0.413. The Balaban J connectivity index is 2.16. The number of thioether (sulfide) groups is 1. The molecule has 2 N–H and O–H groups in total. The van der Waals surface area contributed by atoms with Crippen molar-refractivity contribution in [3.8, 4) is 0 Å². The maximum atomic E-state index is 12.4. The first-order valence-electron chi connectivity index (χ1n) is 9.86. The van der Waals surface area contributed by atoms with Crippen LogP contribution >= 0.6 is 11.8 Å². The zero-order chi connectivity index (χ0) is 21.8. The molecular formula is C25H32N2OS. The highest BCUT2D eigenvalue weighted by molar-refractivity contribution is 8.03. The number of carbonyl (C=O) groups is 1. The molecule has 0 radical (unpaired) electrons. The maximum Gasteiger partial charge on any atom is 0.230 e. The molecule has 1 amide bonds. The number of hydrogen-bond acceptors (Lipinski definition) is 3. The average molecular weight is 409 g/mol. The van der Waals surface area contributed by atoms with Crippen molar-refractivity contribution in [3.63, 3.8) is 0 Å². The summed E-state index contributed by atoms with van der Waals surface area (Å²) in [5.41, 5.74) is 6.02. The van der Waals surface area contributed by atoms with Gasteiger partial charge in [0.05, 0.1) is 5.03 Å². The van der Waals surface area contributed by atoms with Gasteiger partial charge in [0.2, 0.25) is 5.91 Å². The number of nitrogens with one attached hydrogen (secondary N) is 2. The van der Waals surface area contributed by atoms with Crippen LogP contribution in [0.4, 0.5) is 5.69 Å². The first-order valence-corrected chi connectivity index (χ1v) is 10.7. The van der Waals surface area contributed by atoms with E-state index in [-0.39, 0.29) is 5.91 Å². The fraction of sp³-hybridized carbons (Fsp3) is 0.320. The van der Waals surface area contributed by atoms with Crippen LogP contribution in [0.1, 0.15) is 49.4 Å². The Kier molecular flexibility index (Phi) is 7.37. The summed E-state index contributed by atoms with van der Waals surface area (Å²) >= 11 is 1.47. The highest BCUT2D eigenvalue weighted by Gasteiger charge is 2.25. The molecule has 2 aromatic rings. The number of rotatable bonds is 8. The van der Waals surface area contributed by atoms with Gasteiger partial charge in [-0.05, 0) is 55.5 Å². The molecule has 3 nitrogen and oxygen atoms in total. The second kappa shape index (κ2) is 9.36. The number of para-hydroxylation sites is 1. The zero-order valence-electron chi connectivity index (χ0n) is 18.4. The number of benzene rings is 2. The van der Waals surface area contributed by atoms with Crippen molar-refractivity contribution in [1.29, 1.82) is 0 Å². The van der Waals surface area contributed by atoms with Crippen LogP contribution in [0, 0.1) is 26.2 Å². The highest BCUT2D eigenvalue weighted by Crippen LogP contribution is 2.32. The van der Waals surface area contributed by atoms with Crippen molar-refractivity contribution >= 4 is 29.1 Å². The molecule has 0 saturated carbocycles. The van der Waals surface area contributed by atoms with Crippen molar-refractivity contribution < 1.29 is 4.79 Å². The summed E-state index contributed by atoms with van der Waals surface area (Å²) in [4.78, 5) is 13.5. The smallest absolute Gasteiger partial charge is 0.230 e. The molecule has 29 heavy (non-hydrogen) atoms. The first-order chi connectivity index (χ1) is 13.5. The van der Waals surface area contributed by atoms with Gasteiger partial charge in [-0.25, -0.2) is 0 Å². The molecule has 0 unspecified atom stereocenters. The van der Waals surface area contributed by atoms with E-state index >= 15 is 0 Å². The van der Waals surface area contributed by atoms with E-state index in [0.29, 0.717) is 5.03 Å². The molecule has 0 aliphatic heterocycles. The van der Waals surface area contributed by atoms with E-state index in [9.17, 15) is 4.79 Å². The van der Waals surface area contributed by atoms with Crippen molar-refractivity contribution in [2.75, 3.05) is 5.32 Å². The summed E-state index contributed by atoms with van der Waals surface area (Å²) in [6, 6.07) is 12.4. The molecule has 0 aliphatic carbocycles. The third-order valence-corrected chi connectivity index (χ3v) is 6.29. The first kappa shape index (κ1) is 22.8. The lowest BCUT2D eigenvalue weighted by Gasteiger charge is -2.22. The second-order valence-electron chi connectivity index (χ2n) is 8.07. The number of amides is 1. The molecule has 0 atom stereocenters. The zero-order valence-corrected chi connectivity index (χ0v) is 19.2. The SMILES string of the molecule is C=C(NC(=O)C(C)(C)CC)Sc1cc(C(=C)Nc2c(C)cccc2C)ccc1C. The fourth-order valence-corrected chi connectivity index (χ4v) is 3.57. The van der Waals surface area contributed by atoms with Crippen LogP contribution in [0.15, 0.2) is 59.5 Å². The Hall–Kier alpha value is -2.46. The van der Waals surface area contributed by atoms with Gasteiger partial charge < -0.3 is 10.6 Å². The molecule has 0 fully saturated rings. The Morgan fingerprint density at radius 1 is 1.03 bits per heavy atom. The number of carbonyl (C=O) groups excluding carboxylic acids is 1. The molecule has 2 aromatic carbocycles. The van der Waals surface area contributed by atoms with Crippen LogP contribution in [0.25, 0.3) is 5.70 Å². The van der Waals surface area contributed by atoms with Crippen LogP contribution in [0.5, 0.6) is 0 Å². The van der Waals surface area contributed by atoms with Crippen LogP contribution < -0.4 is 10.6 Å². The average Bonchev–Trinajstić information content (AvgIpc) is 2.66. The summed E-state index contributed by atoms with van der Waals surface area (Å²) in [7, 11) is 0. The van der Waals surface area contributed by atoms with E-state index in [1.807, 2.05) is 20.8 Å².